The van der Waals surface area contributed by atoms with Crippen molar-refractivity contribution in [3.05, 3.63) is 86.3 Å². The van der Waals surface area contributed by atoms with Gasteiger partial charge in [0.1, 0.15) is 17.3 Å². The second-order valence-corrected chi connectivity index (χ2v) is 7.45. The lowest BCUT2D eigenvalue weighted by atomic mass is 10.1. The van der Waals surface area contributed by atoms with Gasteiger partial charge in [-0.25, -0.2) is 9.18 Å². The zero-order valence-corrected chi connectivity index (χ0v) is 17.6. The van der Waals surface area contributed by atoms with Crippen LogP contribution in [0.25, 0.3) is 0 Å². The van der Waals surface area contributed by atoms with Crippen LogP contribution in [0.5, 0.6) is 0 Å². The molecule has 0 aliphatic carbocycles. The molecule has 31 heavy (non-hydrogen) atoms. The quantitative estimate of drug-likeness (QED) is 0.457. The van der Waals surface area contributed by atoms with Crippen LogP contribution in [0.4, 0.5) is 21.6 Å². The maximum atomic E-state index is 14.2. The van der Waals surface area contributed by atoms with Crippen molar-refractivity contribution in [1.82, 2.24) is 9.13 Å². The second-order valence-electron chi connectivity index (χ2n) is 7.45. The van der Waals surface area contributed by atoms with Crippen LogP contribution in [0.1, 0.15) is 30.9 Å². The summed E-state index contributed by atoms with van der Waals surface area (Å²) >= 11 is 0. The zero-order chi connectivity index (χ0) is 22.4. The van der Waals surface area contributed by atoms with E-state index in [1.165, 1.54) is 10.6 Å². The van der Waals surface area contributed by atoms with Crippen molar-refractivity contribution in [2.24, 2.45) is 0 Å². The highest BCUT2D eigenvalue weighted by atomic mass is 19.1. The molecule has 0 unspecified atom stereocenters. The number of nitrogen functional groups attached to an aromatic ring is 2. The molecule has 0 spiro atoms. The van der Waals surface area contributed by atoms with E-state index < -0.39 is 17.1 Å². The zero-order valence-electron chi connectivity index (χ0n) is 17.6. The fourth-order valence-corrected chi connectivity index (χ4v) is 3.37. The first-order chi connectivity index (χ1) is 14.9. The first-order valence-corrected chi connectivity index (χ1v) is 10.4. The van der Waals surface area contributed by atoms with Crippen molar-refractivity contribution in [3.63, 3.8) is 0 Å². The van der Waals surface area contributed by atoms with Gasteiger partial charge in [-0.05, 0) is 36.6 Å². The average Bonchev–Trinajstić information content (AvgIpc) is 2.76. The highest BCUT2D eigenvalue weighted by molar-refractivity contribution is 5.60. The Hall–Kier alpha value is -3.55. The van der Waals surface area contributed by atoms with Crippen LogP contribution >= 0.6 is 0 Å². The summed E-state index contributed by atoms with van der Waals surface area (Å²) in [7, 11) is 0. The molecule has 0 fully saturated rings. The van der Waals surface area contributed by atoms with Crippen molar-refractivity contribution < 1.29 is 4.39 Å². The number of rotatable bonds is 9. The van der Waals surface area contributed by atoms with Crippen LogP contribution in [-0.4, -0.2) is 15.7 Å². The van der Waals surface area contributed by atoms with Gasteiger partial charge >= 0.3 is 5.69 Å². The fraction of sp³-hybridized carbons (Fsp3) is 0.304. The van der Waals surface area contributed by atoms with Gasteiger partial charge in [-0.1, -0.05) is 43.7 Å². The molecule has 0 aliphatic rings. The number of nitrogens with one attached hydrogen (secondary N) is 1. The van der Waals surface area contributed by atoms with E-state index in [0.717, 1.165) is 23.0 Å². The van der Waals surface area contributed by atoms with Crippen LogP contribution < -0.4 is 28.0 Å². The van der Waals surface area contributed by atoms with E-state index >= 15 is 0 Å². The summed E-state index contributed by atoms with van der Waals surface area (Å²) in [6.45, 7) is 2.66. The molecule has 2 aromatic carbocycles. The van der Waals surface area contributed by atoms with Gasteiger partial charge in [0.2, 0.25) is 0 Å². The number of nitrogens with zero attached hydrogens (tertiary/aromatic N) is 2. The van der Waals surface area contributed by atoms with E-state index in [0.29, 0.717) is 25.2 Å². The van der Waals surface area contributed by atoms with Crippen molar-refractivity contribution in [3.8, 4) is 0 Å². The first-order valence-electron chi connectivity index (χ1n) is 10.4. The van der Waals surface area contributed by atoms with Crippen LogP contribution in [-0.2, 0) is 19.5 Å². The van der Waals surface area contributed by atoms with Crippen molar-refractivity contribution >= 4 is 17.2 Å². The molecule has 164 valence electrons. The van der Waals surface area contributed by atoms with E-state index in [1.807, 2.05) is 31.2 Å². The normalized spacial score (nSPS) is 10.9. The van der Waals surface area contributed by atoms with Crippen LogP contribution in [0.15, 0.2) is 58.1 Å². The lowest BCUT2D eigenvalue weighted by Crippen LogP contribution is -2.43. The van der Waals surface area contributed by atoms with E-state index in [2.05, 4.69) is 5.32 Å². The van der Waals surface area contributed by atoms with Crippen molar-refractivity contribution in [2.75, 3.05) is 23.3 Å². The monoisotopic (exact) mass is 425 g/mol. The minimum Gasteiger partial charge on any atom is -0.399 e. The van der Waals surface area contributed by atoms with Crippen molar-refractivity contribution in [2.45, 2.75) is 39.3 Å². The van der Waals surface area contributed by atoms with Crippen molar-refractivity contribution in [1.29, 1.82) is 0 Å². The average molecular weight is 426 g/mol. The van der Waals surface area contributed by atoms with Gasteiger partial charge in [-0.15, -0.1) is 0 Å². The molecule has 0 atom stereocenters. The summed E-state index contributed by atoms with van der Waals surface area (Å²) in [4.78, 5) is 26.1. The number of nitrogens with two attached hydrogens (primary N) is 2. The van der Waals surface area contributed by atoms with Crippen LogP contribution in [0, 0.1) is 5.82 Å². The first kappa shape index (κ1) is 22.1. The number of unbranched alkanes of at least 4 members (excludes halogenated alkanes) is 1. The predicted octanol–water partition coefficient (Wildman–Crippen LogP) is 2.82. The van der Waals surface area contributed by atoms with Gasteiger partial charge in [-0.2, -0.15) is 0 Å². The van der Waals surface area contributed by atoms with E-state index in [1.54, 1.807) is 18.2 Å². The lowest BCUT2D eigenvalue weighted by Gasteiger charge is -2.18. The predicted molar refractivity (Wildman–Crippen MR) is 123 cm³/mol. The summed E-state index contributed by atoms with van der Waals surface area (Å²) in [6.07, 6.45) is 2.23. The minimum atomic E-state index is -0.559. The highest BCUT2D eigenvalue weighted by Gasteiger charge is 2.18. The molecule has 3 rings (SSSR count). The molecule has 0 aliphatic heterocycles. The Bertz CT molecular complexity index is 1150. The number of anilines is 3. The molecule has 1 heterocycles. The number of hydrogen-bond donors (Lipinski definition) is 3. The Kier molecular flexibility index (Phi) is 7.12. The molecular weight excluding hydrogens is 397 g/mol. The standard InChI is InChI=1S/C23H28FN5O2/c1-2-3-14-28-21(26)20(27-13-12-16-8-10-18(25)11-9-16)22(30)29(23(28)31)15-17-6-4-5-7-19(17)24/h4-11,27H,2-3,12-15,25-26H2,1H3. The van der Waals surface area contributed by atoms with Gasteiger partial charge in [0.15, 0.2) is 0 Å². The molecule has 0 radical (unpaired) electrons. The molecule has 5 N–H and O–H groups in total. The Morgan fingerprint density at radius 2 is 1.71 bits per heavy atom. The summed E-state index contributed by atoms with van der Waals surface area (Å²) in [5.74, 6) is -0.367. The largest absolute Gasteiger partial charge is 0.399 e. The van der Waals surface area contributed by atoms with E-state index in [-0.39, 0.29) is 23.6 Å². The molecule has 0 amide bonds. The minimum absolute atomic E-state index is 0.102. The third-order valence-corrected chi connectivity index (χ3v) is 5.18. The van der Waals surface area contributed by atoms with Gasteiger partial charge in [0.25, 0.3) is 5.56 Å². The fourth-order valence-electron chi connectivity index (χ4n) is 3.37. The maximum absolute atomic E-state index is 14.2. The molecular formula is C23H28FN5O2. The summed E-state index contributed by atoms with van der Waals surface area (Å²) < 4.78 is 16.6. The Morgan fingerprint density at radius 3 is 2.39 bits per heavy atom. The third-order valence-electron chi connectivity index (χ3n) is 5.18. The van der Waals surface area contributed by atoms with E-state index in [9.17, 15) is 14.0 Å². The second kappa shape index (κ2) is 9.97. The summed E-state index contributed by atoms with van der Waals surface area (Å²) in [5.41, 5.74) is 13.0. The highest BCUT2D eigenvalue weighted by Crippen LogP contribution is 2.14. The summed E-state index contributed by atoms with van der Waals surface area (Å²) in [5, 5.41) is 3.09. The Morgan fingerprint density at radius 1 is 1.00 bits per heavy atom. The molecule has 0 saturated carbocycles. The molecule has 3 aromatic rings. The summed E-state index contributed by atoms with van der Waals surface area (Å²) in [6, 6.07) is 13.6. The maximum Gasteiger partial charge on any atom is 0.332 e. The third kappa shape index (κ3) is 5.14. The van der Waals surface area contributed by atoms with Gasteiger partial charge in [0.05, 0.1) is 6.54 Å². The molecule has 8 heteroatoms. The topological polar surface area (TPSA) is 108 Å². The Labute approximate surface area is 180 Å². The number of halogens is 1. The van der Waals surface area contributed by atoms with Crippen LogP contribution in [0.2, 0.25) is 0 Å². The lowest BCUT2D eigenvalue weighted by molar-refractivity contribution is 0.546. The Balaban J connectivity index is 1.94. The van der Waals surface area contributed by atoms with Crippen LogP contribution in [0.3, 0.4) is 0 Å². The number of aromatic nitrogens is 2. The SMILES string of the molecule is CCCCn1c(N)c(NCCc2ccc(N)cc2)c(=O)n(Cc2ccccc2F)c1=O. The van der Waals surface area contributed by atoms with E-state index in [4.69, 9.17) is 11.5 Å². The van der Waals surface area contributed by atoms with Gasteiger partial charge in [0, 0.05) is 24.3 Å². The number of benzene rings is 2. The molecule has 1 aromatic heterocycles. The van der Waals surface area contributed by atoms with Gasteiger partial charge < -0.3 is 16.8 Å². The smallest absolute Gasteiger partial charge is 0.332 e. The molecule has 7 nitrogen and oxygen atoms in total. The van der Waals surface area contributed by atoms with Gasteiger partial charge in [-0.3, -0.25) is 13.9 Å². The number of hydrogen-bond acceptors (Lipinski definition) is 5. The molecule has 0 bridgehead atoms. The molecule has 0 saturated heterocycles.